The normalized spacial score (nSPS) is 11.3. The summed E-state index contributed by atoms with van der Waals surface area (Å²) < 4.78 is 22.9. The molecule has 1 aromatic carbocycles. The predicted octanol–water partition coefficient (Wildman–Crippen LogP) is 2.60. The second kappa shape index (κ2) is 6.21. The number of aromatic nitrogens is 1. The third-order valence-corrected chi connectivity index (χ3v) is 4.35. The molecule has 0 aliphatic rings. The highest BCUT2D eigenvalue weighted by Gasteiger charge is 2.16. The first-order valence-electron chi connectivity index (χ1n) is 5.95. The molecule has 2 rings (SSSR count). The fourth-order valence-corrected chi connectivity index (χ4v) is 2.90. The van der Waals surface area contributed by atoms with Crippen LogP contribution in [0.15, 0.2) is 35.2 Å². The first-order valence-corrected chi connectivity index (χ1v) is 8.25. The maximum atomic E-state index is 12.1. The van der Waals surface area contributed by atoms with Crippen LogP contribution in [0, 0.1) is 6.92 Å². The van der Waals surface area contributed by atoms with Gasteiger partial charge in [0.1, 0.15) is 10.8 Å². The molecular weight excluding hydrogens is 349 g/mol. The van der Waals surface area contributed by atoms with Crippen molar-refractivity contribution < 1.29 is 13.2 Å². The van der Waals surface area contributed by atoms with Crippen molar-refractivity contribution in [2.45, 2.75) is 11.8 Å². The van der Waals surface area contributed by atoms with E-state index < -0.39 is 15.9 Å². The molecule has 9 heteroatoms. The van der Waals surface area contributed by atoms with Crippen LogP contribution >= 0.6 is 23.2 Å². The van der Waals surface area contributed by atoms with Gasteiger partial charge in [-0.3, -0.25) is 4.79 Å². The van der Waals surface area contributed by atoms with E-state index in [9.17, 15) is 13.2 Å². The van der Waals surface area contributed by atoms with Crippen LogP contribution in [-0.4, -0.2) is 19.3 Å². The van der Waals surface area contributed by atoms with Gasteiger partial charge >= 0.3 is 0 Å². The number of halogens is 2. The Labute approximate surface area is 137 Å². The van der Waals surface area contributed by atoms with Crippen LogP contribution in [-0.2, 0) is 10.0 Å². The number of anilines is 1. The van der Waals surface area contributed by atoms with Crippen molar-refractivity contribution >= 4 is 44.8 Å². The van der Waals surface area contributed by atoms with E-state index in [0.717, 1.165) is 0 Å². The zero-order chi connectivity index (χ0) is 16.5. The second-order valence-electron chi connectivity index (χ2n) is 4.44. The molecule has 0 saturated heterocycles. The number of nitrogens with zero attached hydrogens (tertiary/aromatic N) is 1. The SMILES string of the molecule is Cc1ccc(NC(=O)c2nc(Cl)ccc2Cl)cc1S(N)(=O)=O. The van der Waals surface area contributed by atoms with Crippen molar-refractivity contribution in [3.8, 4) is 0 Å². The number of primary sulfonamides is 1. The number of hydrogen-bond acceptors (Lipinski definition) is 4. The zero-order valence-corrected chi connectivity index (χ0v) is 13.6. The molecule has 2 aromatic rings. The number of nitrogens with two attached hydrogens (primary N) is 1. The third-order valence-electron chi connectivity index (χ3n) is 2.78. The van der Waals surface area contributed by atoms with E-state index in [-0.39, 0.29) is 26.5 Å². The highest BCUT2D eigenvalue weighted by Crippen LogP contribution is 2.21. The van der Waals surface area contributed by atoms with E-state index in [2.05, 4.69) is 10.3 Å². The average molecular weight is 360 g/mol. The summed E-state index contributed by atoms with van der Waals surface area (Å²) in [7, 11) is -3.89. The van der Waals surface area contributed by atoms with Gasteiger partial charge < -0.3 is 5.32 Å². The molecule has 0 atom stereocenters. The lowest BCUT2D eigenvalue weighted by molar-refractivity contribution is 0.102. The molecule has 0 saturated carbocycles. The molecule has 1 heterocycles. The van der Waals surface area contributed by atoms with Crippen molar-refractivity contribution in [3.63, 3.8) is 0 Å². The number of pyridine rings is 1. The van der Waals surface area contributed by atoms with E-state index in [0.29, 0.717) is 5.56 Å². The lowest BCUT2D eigenvalue weighted by Crippen LogP contribution is -2.17. The molecule has 0 bridgehead atoms. The molecule has 3 N–H and O–H groups in total. The molecule has 0 unspecified atom stereocenters. The van der Waals surface area contributed by atoms with E-state index in [1.54, 1.807) is 13.0 Å². The van der Waals surface area contributed by atoms with E-state index >= 15 is 0 Å². The number of benzene rings is 1. The quantitative estimate of drug-likeness (QED) is 0.822. The molecule has 1 amide bonds. The minimum Gasteiger partial charge on any atom is -0.321 e. The van der Waals surface area contributed by atoms with Crippen molar-refractivity contribution in [2.24, 2.45) is 5.14 Å². The number of aryl methyl sites for hydroxylation is 1. The lowest BCUT2D eigenvalue weighted by Gasteiger charge is -2.09. The van der Waals surface area contributed by atoms with Gasteiger partial charge in [-0.15, -0.1) is 0 Å². The van der Waals surface area contributed by atoms with Crippen LogP contribution in [0.1, 0.15) is 16.1 Å². The number of rotatable bonds is 3. The smallest absolute Gasteiger partial charge is 0.275 e. The summed E-state index contributed by atoms with van der Waals surface area (Å²) in [6.07, 6.45) is 0. The Hall–Kier alpha value is -1.67. The molecule has 0 fully saturated rings. The maximum Gasteiger partial charge on any atom is 0.275 e. The van der Waals surface area contributed by atoms with Gasteiger partial charge in [0.2, 0.25) is 10.0 Å². The van der Waals surface area contributed by atoms with Crippen LogP contribution in [0.5, 0.6) is 0 Å². The number of amides is 1. The Morgan fingerprint density at radius 3 is 2.55 bits per heavy atom. The summed E-state index contributed by atoms with van der Waals surface area (Å²) in [6.45, 7) is 1.60. The van der Waals surface area contributed by atoms with Crippen LogP contribution in [0.4, 0.5) is 5.69 Å². The first-order chi connectivity index (χ1) is 10.2. The molecule has 6 nitrogen and oxygen atoms in total. The Kier molecular flexibility index (Phi) is 4.72. The number of hydrogen-bond donors (Lipinski definition) is 2. The summed E-state index contributed by atoms with van der Waals surface area (Å²) in [4.78, 5) is 15.9. The molecule has 116 valence electrons. The van der Waals surface area contributed by atoms with Gasteiger partial charge in [-0.1, -0.05) is 29.3 Å². The summed E-state index contributed by atoms with van der Waals surface area (Å²) in [6, 6.07) is 7.23. The second-order valence-corrected chi connectivity index (χ2v) is 6.77. The van der Waals surface area contributed by atoms with Gasteiger partial charge in [-0.05, 0) is 36.8 Å². The van der Waals surface area contributed by atoms with Crippen LogP contribution in [0.2, 0.25) is 10.2 Å². The van der Waals surface area contributed by atoms with E-state index in [1.165, 1.54) is 24.3 Å². The Balaban J connectivity index is 2.35. The Bertz CT molecular complexity index is 854. The number of nitrogens with one attached hydrogen (secondary N) is 1. The standard InChI is InChI=1S/C13H11Cl2N3O3S/c1-7-2-3-8(6-10(7)22(16,20)21)17-13(19)12-9(14)4-5-11(15)18-12/h2-6H,1H3,(H,17,19)(H2,16,20,21). The monoisotopic (exact) mass is 359 g/mol. The molecule has 0 aliphatic carbocycles. The fourth-order valence-electron chi connectivity index (χ4n) is 1.75. The molecular formula is C13H11Cl2N3O3S. The molecule has 0 radical (unpaired) electrons. The minimum atomic E-state index is -3.89. The van der Waals surface area contributed by atoms with Crippen molar-refractivity contribution in [1.29, 1.82) is 0 Å². The van der Waals surface area contributed by atoms with Crippen LogP contribution in [0.3, 0.4) is 0 Å². The van der Waals surface area contributed by atoms with Gasteiger partial charge in [-0.2, -0.15) is 0 Å². The summed E-state index contributed by atoms with van der Waals surface area (Å²) in [5.74, 6) is -0.614. The van der Waals surface area contributed by atoms with Crippen molar-refractivity contribution in [2.75, 3.05) is 5.32 Å². The minimum absolute atomic E-state index is 0.0631. The van der Waals surface area contributed by atoms with E-state index in [1.807, 2.05) is 0 Å². The molecule has 22 heavy (non-hydrogen) atoms. The van der Waals surface area contributed by atoms with Crippen molar-refractivity contribution in [1.82, 2.24) is 4.98 Å². The Morgan fingerprint density at radius 2 is 1.91 bits per heavy atom. The number of sulfonamides is 1. The van der Waals surface area contributed by atoms with E-state index in [4.69, 9.17) is 28.3 Å². The lowest BCUT2D eigenvalue weighted by atomic mass is 10.2. The highest BCUT2D eigenvalue weighted by atomic mass is 35.5. The molecule has 0 aliphatic heterocycles. The first kappa shape index (κ1) is 16.7. The summed E-state index contributed by atoms with van der Waals surface area (Å²) in [5.41, 5.74) is 0.656. The van der Waals surface area contributed by atoms with Crippen molar-refractivity contribution in [3.05, 3.63) is 51.8 Å². The largest absolute Gasteiger partial charge is 0.321 e. The van der Waals surface area contributed by atoms with Gasteiger partial charge in [0, 0.05) is 5.69 Å². The van der Waals surface area contributed by atoms with Gasteiger partial charge in [0.05, 0.1) is 9.92 Å². The molecule has 0 spiro atoms. The average Bonchev–Trinajstić information content (AvgIpc) is 2.42. The maximum absolute atomic E-state index is 12.1. The number of carbonyl (C=O) groups excluding carboxylic acids is 1. The third kappa shape index (κ3) is 3.75. The van der Waals surface area contributed by atoms with Gasteiger partial charge in [-0.25, -0.2) is 18.5 Å². The van der Waals surface area contributed by atoms with Crippen LogP contribution < -0.4 is 10.5 Å². The Morgan fingerprint density at radius 1 is 1.23 bits per heavy atom. The highest BCUT2D eigenvalue weighted by molar-refractivity contribution is 7.89. The van der Waals surface area contributed by atoms with Crippen LogP contribution in [0.25, 0.3) is 0 Å². The predicted molar refractivity (Wildman–Crippen MR) is 84.8 cm³/mol. The van der Waals surface area contributed by atoms with Gasteiger partial charge in [0.25, 0.3) is 5.91 Å². The fraction of sp³-hybridized carbons (Fsp3) is 0.0769. The number of carbonyl (C=O) groups is 1. The summed E-state index contributed by atoms with van der Waals surface area (Å²) >= 11 is 11.6. The summed E-state index contributed by atoms with van der Waals surface area (Å²) in [5, 5.41) is 7.86. The topological polar surface area (TPSA) is 102 Å². The van der Waals surface area contributed by atoms with Gasteiger partial charge in [0.15, 0.2) is 0 Å². The zero-order valence-electron chi connectivity index (χ0n) is 11.3. The molecule has 1 aromatic heterocycles.